The lowest BCUT2D eigenvalue weighted by Gasteiger charge is -2.07. The molecule has 1 N–H and O–H groups in total. The topological polar surface area (TPSA) is 47.6 Å². The van der Waals surface area contributed by atoms with Crippen LogP contribution in [-0.2, 0) is 4.74 Å². The van der Waals surface area contributed by atoms with Crippen LogP contribution in [0.2, 0.25) is 0 Å². The van der Waals surface area contributed by atoms with E-state index in [-0.39, 0.29) is 0 Å². The van der Waals surface area contributed by atoms with Crippen molar-refractivity contribution in [2.45, 2.75) is 6.92 Å². The van der Waals surface area contributed by atoms with Crippen LogP contribution in [0.5, 0.6) is 5.75 Å². The molecule has 0 aliphatic rings. The van der Waals surface area contributed by atoms with Crippen LogP contribution >= 0.6 is 0 Å². The zero-order valence-corrected chi connectivity index (χ0v) is 8.46. The molecule has 0 aliphatic heterocycles. The van der Waals surface area contributed by atoms with Crippen molar-refractivity contribution in [1.82, 2.24) is 0 Å². The molecule has 1 rings (SSSR count). The smallest absolute Gasteiger partial charge is 0.411 e. The van der Waals surface area contributed by atoms with Crippen LogP contribution in [0.25, 0.3) is 0 Å². The van der Waals surface area contributed by atoms with Crippen LogP contribution in [0.1, 0.15) is 5.56 Å². The van der Waals surface area contributed by atoms with Gasteiger partial charge >= 0.3 is 6.09 Å². The van der Waals surface area contributed by atoms with Crippen molar-refractivity contribution in [2.24, 2.45) is 0 Å². The summed E-state index contributed by atoms with van der Waals surface area (Å²) >= 11 is 0. The molecule has 0 radical (unpaired) electrons. The molecule has 0 unspecified atom stereocenters. The van der Waals surface area contributed by atoms with Crippen LogP contribution in [0.4, 0.5) is 10.5 Å². The Morgan fingerprint density at radius 2 is 2.07 bits per heavy atom. The van der Waals surface area contributed by atoms with Gasteiger partial charge in [-0.2, -0.15) is 0 Å². The van der Waals surface area contributed by atoms with E-state index < -0.39 is 6.09 Å². The maximum atomic E-state index is 10.9. The molecular weight excluding hydrogens is 182 g/mol. The number of aryl methyl sites for hydroxylation is 1. The second kappa shape index (κ2) is 4.50. The number of carbonyl (C=O) groups excluding carboxylic acids is 1. The SMILES string of the molecule is COC(=O)Nc1ccc(OC)c(C)c1. The Hall–Kier alpha value is -1.71. The zero-order chi connectivity index (χ0) is 10.6. The number of benzene rings is 1. The van der Waals surface area contributed by atoms with Crippen LogP contribution < -0.4 is 10.1 Å². The third-order valence-electron chi connectivity index (χ3n) is 1.83. The van der Waals surface area contributed by atoms with Crippen molar-refractivity contribution in [1.29, 1.82) is 0 Å². The van der Waals surface area contributed by atoms with Crippen LogP contribution in [-0.4, -0.2) is 20.3 Å². The van der Waals surface area contributed by atoms with E-state index in [0.29, 0.717) is 5.69 Å². The van der Waals surface area contributed by atoms with Crippen molar-refractivity contribution in [2.75, 3.05) is 19.5 Å². The number of nitrogens with one attached hydrogen (secondary N) is 1. The van der Waals surface area contributed by atoms with Gasteiger partial charge in [-0.3, -0.25) is 5.32 Å². The highest BCUT2D eigenvalue weighted by Crippen LogP contribution is 2.21. The highest BCUT2D eigenvalue weighted by Gasteiger charge is 2.03. The highest BCUT2D eigenvalue weighted by molar-refractivity contribution is 5.84. The Kier molecular flexibility index (Phi) is 3.34. The van der Waals surface area contributed by atoms with Gasteiger partial charge in [0.1, 0.15) is 5.75 Å². The Bertz CT molecular complexity index is 336. The largest absolute Gasteiger partial charge is 0.496 e. The van der Waals surface area contributed by atoms with Crippen molar-refractivity contribution in [3.8, 4) is 5.75 Å². The fourth-order valence-corrected chi connectivity index (χ4v) is 1.13. The number of amides is 1. The molecule has 1 aromatic carbocycles. The molecule has 14 heavy (non-hydrogen) atoms. The molecule has 0 fully saturated rings. The molecule has 1 aromatic rings. The number of hydrogen-bond acceptors (Lipinski definition) is 3. The van der Waals surface area contributed by atoms with Gasteiger partial charge in [0.2, 0.25) is 0 Å². The lowest BCUT2D eigenvalue weighted by atomic mass is 10.2. The van der Waals surface area contributed by atoms with E-state index in [1.165, 1.54) is 7.11 Å². The third-order valence-corrected chi connectivity index (χ3v) is 1.83. The van der Waals surface area contributed by atoms with E-state index >= 15 is 0 Å². The first-order chi connectivity index (χ1) is 6.67. The van der Waals surface area contributed by atoms with E-state index in [1.54, 1.807) is 19.2 Å². The van der Waals surface area contributed by atoms with Gasteiger partial charge in [0.15, 0.2) is 0 Å². The second-order valence-corrected chi connectivity index (χ2v) is 2.80. The molecule has 0 saturated carbocycles. The summed E-state index contributed by atoms with van der Waals surface area (Å²) in [5.74, 6) is 0.792. The standard InChI is InChI=1S/C10H13NO3/c1-7-6-8(11-10(12)14-3)4-5-9(7)13-2/h4-6H,1-3H3,(H,11,12). The Morgan fingerprint density at radius 3 is 2.57 bits per heavy atom. The lowest BCUT2D eigenvalue weighted by Crippen LogP contribution is -2.10. The minimum atomic E-state index is -0.477. The van der Waals surface area contributed by atoms with Gasteiger partial charge in [0.05, 0.1) is 14.2 Å². The molecule has 4 heteroatoms. The van der Waals surface area contributed by atoms with Gasteiger partial charge < -0.3 is 9.47 Å². The van der Waals surface area contributed by atoms with E-state index in [2.05, 4.69) is 10.1 Å². The number of ether oxygens (including phenoxy) is 2. The molecule has 0 aromatic heterocycles. The maximum Gasteiger partial charge on any atom is 0.411 e. The summed E-state index contributed by atoms with van der Waals surface area (Å²) in [6.07, 6.45) is -0.477. The molecule has 0 heterocycles. The fourth-order valence-electron chi connectivity index (χ4n) is 1.13. The summed E-state index contributed by atoms with van der Waals surface area (Å²) in [4.78, 5) is 10.9. The average Bonchev–Trinajstić information content (AvgIpc) is 2.18. The molecule has 0 aliphatic carbocycles. The first-order valence-electron chi connectivity index (χ1n) is 4.17. The monoisotopic (exact) mass is 195 g/mol. The minimum absolute atomic E-state index is 0.477. The van der Waals surface area contributed by atoms with Crippen LogP contribution in [0, 0.1) is 6.92 Å². The summed E-state index contributed by atoms with van der Waals surface area (Å²) in [5.41, 5.74) is 1.65. The predicted molar refractivity (Wildman–Crippen MR) is 53.8 cm³/mol. The van der Waals surface area contributed by atoms with E-state index in [9.17, 15) is 4.79 Å². The minimum Gasteiger partial charge on any atom is -0.496 e. The highest BCUT2D eigenvalue weighted by atomic mass is 16.5. The molecule has 0 atom stereocenters. The van der Waals surface area contributed by atoms with E-state index in [1.807, 2.05) is 13.0 Å². The fraction of sp³-hybridized carbons (Fsp3) is 0.300. The van der Waals surface area contributed by atoms with Crippen LogP contribution in [0.15, 0.2) is 18.2 Å². The summed E-state index contributed by atoms with van der Waals surface area (Å²) < 4.78 is 9.56. The third kappa shape index (κ3) is 2.39. The quantitative estimate of drug-likeness (QED) is 0.786. The number of anilines is 1. The van der Waals surface area contributed by atoms with Gasteiger partial charge in [-0.05, 0) is 30.7 Å². The summed E-state index contributed by atoms with van der Waals surface area (Å²) in [7, 11) is 2.93. The van der Waals surface area contributed by atoms with Gasteiger partial charge in [0, 0.05) is 5.69 Å². The maximum absolute atomic E-state index is 10.9. The first kappa shape index (κ1) is 10.4. The number of rotatable bonds is 2. The van der Waals surface area contributed by atoms with Gasteiger partial charge in [-0.1, -0.05) is 0 Å². The molecule has 0 bridgehead atoms. The zero-order valence-electron chi connectivity index (χ0n) is 8.46. The molecule has 1 amide bonds. The predicted octanol–water partition coefficient (Wildman–Crippen LogP) is 2.18. The van der Waals surface area contributed by atoms with Crippen molar-refractivity contribution < 1.29 is 14.3 Å². The summed E-state index contributed by atoms with van der Waals surface area (Å²) in [5, 5.41) is 2.57. The summed E-state index contributed by atoms with van der Waals surface area (Å²) in [6, 6.07) is 5.36. The number of methoxy groups -OCH3 is 2. The molecule has 4 nitrogen and oxygen atoms in total. The lowest BCUT2D eigenvalue weighted by molar-refractivity contribution is 0.187. The normalized spacial score (nSPS) is 9.36. The van der Waals surface area contributed by atoms with Crippen LogP contribution in [0.3, 0.4) is 0 Å². The van der Waals surface area contributed by atoms with E-state index in [0.717, 1.165) is 11.3 Å². The molecular formula is C10H13NO3. The Morgan fingerprint density at radius 1 is 1.36 bits per heavy atom. The number of carbonyl (C=O) groups is 1. The first-order valence-corrected chi connectivity index (χ1v) is 4.17. The van der Waals surface area contributed by atoms with Gasteiger partial charge in [-0.15, -0.1) is 0 Å². The van der Waals surface area contributed by atoms with Crippen molar-refractivity contribution in [3.05, 3.63) is 23.8 Å². The Balaban J connectivity index is 2.81. The molecule has 0 spiro atoms. The summed E-state index contributed by atoms with van der Waals surface area (Å²) in [6.45, 7) is 1.90. The van der Waals surface area contributed by atoms with Crippen molar-refractivity contribution >= 4 is 11.8 Å². The van der Waals surface area contributed by atoms with Crippen molar-refractivity contribution in [3.63, 3.8) is 0 Å². The van der Waals surface area contributed by atoms with Gasteiger partial charge in [-0.25, -0.2) is 4.79 Å². The van der Waals surface area contributed by atoms with Gasteiger partial charge in [0.25, 0.3) is 0 Å². The number of hydrogen-bond donors (Lipinski definition) is 1. The molecule has 0 saturated heterocycles. The second-order valence-electron chi connectivity index (χ2n) is 2.80. The Labute approximate surface area is 82.8 Å². The van der Waals surface area contributed by atoms with E-state index in [4.69, 9.17) is 4.74 Å². The molecule has 76 valence electrons. The average molecular weight is 195 g/mol.